The Labute approximate surface area is 105 Å². The van der Waals surface area contributed by atoms with E-state index < -0.39 is 17.8 Å². The van der Waals surface area contributed by atoms with Crippen LogP contribution in [0, 0.1) is 0 Å². The lowest BCUT2D eigenvalue weighted by molar-refractivity contribution is -0.141. The summed E-state index contributed by atoms with van der Waals surface area (Å²) in [7, 11) is 0. The van der Waals surface area contributed by atoms with Crippen molar-refractivity contribution in [1.29, 1.82) is 0 Å². The van der Waals surface area contributed by atoms with Crippen molar-refractivity contribution in [1.82, 2.24) is 9.97 Å². The summed E-state index contributed by atoms with van der Waals surface area (Å²) in [6, 6.07) is 4.56. The summed E-state index contributed by atoms with van der Waals surface area (Å²) in [5.41, 5.74) is 4.19. The number of anilines is 2. The van der Waals surface area contributed by atoms with Crippen molar-refractivity contribution in [3.8, 4) is 0 Å². The molecule has 0 fully saturated rings. The van der Waals surface area contributed by atoms with Crippen LogP contribution in [-0.2, 0) is 12.7 Å². The van der Waals surface area contributed by atoms with Crippen molar-refractivity contribution >= 4 is 23.1 Å². The van der Waals surface area contributed by atoms with Crippen LogP contribution < -0.4 is 11.1 Å². The van der Waals surface area contributed by atoms with Gasteiger partial charge in [0, 0.05) is 10.9 Å². The van der Waals surface area contributed by atoms with Gasteiger partial charge < -0.3 is 11.1 Å². The fraction of sp³-hybridized carbons (Fsp3) is 0.200. The van der Waals surface area contributed by atoms with Crippen LogP contribution >= 0.6 is 11.3 Å². The van der Waals surface area contributed by atoms with Crippen LogP contribution in [0.25, 0.3) is 0 Å². The number of hydrogen-bond donors (Lipinski definition) is 2. The molecule has 0 atom stereocenters. The molecule has 0 spiro atoms. The Hall–Kier alpha value is -1.83. The van der Waals surface area contributed by atoms with Gasteiger partial charge in [-0.15, -0.1) is 11.3 Å². The number of nitrogens with one attached hydrogen (secondary N) is 1. The van der Waals surface area contributed by atoms with E-state index in [0.29, 0.717) is 6.54 Å². The standard InChI is InChI=1S/C10H9F3N4S/c11-10(12,13)7-4-8(17-9(14)16-7)15-5-6-2-1-3-18-6/h1-4H,5H2,(H3,14,15,16,17). The number of aromatic nitrogens is 2. The second-order valence-corrected chi connectivity index (χ2v) is 4.46. The van der Waals surface area contributed by atoms with Crippen molar-refractivity contribution in [3.63, 3.8) is 0 Å². The molecule has 0 bridgehead atoms. The Morgan fingerprint density at radius 2 is 2.11 bits per heavy atom. The predicted molar refractivity (Wildman–Crippen MR) is 63.1 cm³/mol. The molecule has 2 heterocycles. The van der Waals surface area contributed by atoms with E-state index in [9.17, 15) is 13.2 Å². The monoisotopic (exact) mass is 274 g/mol. The summed E-state index contributed by atoms with van der Waals surface area (Å²) in [5.74, 6) is -0.346. The quantitative estimate of drug-likeness (QED) is 0.903. The molecule has 4 nitrogen and oxygen atoms in total. The Morgan fingerprint density at radius 3 is 2.72 bits per heavy atom. The third kappa shape index (κ3) is 3.10. The minimum atomic E-state index is -4.53. The largest absolute Gasteiger partial charge is 0.433 e. The van der Waals surface area contributed by atoms with Crippen molar-refractivity contribution in [2.75, 3.05) is 11.1 Å². The van der Waals surface area contributed by atoms with Crippen molar-refractivity contribution in [2.24, 2.45) is 0 Å². The van der Waals surface area contributed by atoms with Crippen LogP contribution in [0.4, 0.5) is 24.9 Å². The minimum Gasteiger partial charge on any atom is -0.368 e. The second kappa shape index (κ2) is 4.81. The maximum atomic E-state index is 12.5. The molecule has 2 aromatic heterocycles. The van der Waals surface area contributed by atoms with Crippen LogP contribution in [-0.4, -0.2) is 9.97 Å². The lowest BCUT2D eigenvalue weighted by Gasteiger charge is -2.09. The van der Waals surface area contributed by atoms with E-state index in [1.165, 1.54) is 11.3 Å². The third-order valence-electron chi connectivity index (χ3n) is 2.06. The lowest BCUT2D eigenvalue weighted by atomic mass is 10.3. The van der Waals surface area contributed by atoms with Crippen LogP contribution in [0.5, 0.6) is 0 Å². The molecule has 0 aliphatic carbocycles. The molecule has 2 rings (SSSR count). The summed E-state index contributed by atoms with van der Waals surface area (Å²) in [6.07, 6.45) is -4.53. The first kappa shape index (κ1) is 12.6. The summed E-state index contributed by atoms with van der Waals surface area (Å²) < 4.78 is 37.5. The Balaban J connectivity index is 2.15. The van der Waals surface area contributed by atoms with E-state index in [0.717, 1.165) is 10.9 Å². The molecule has 0 saturated heterocycles. The van der Waals surface area contributed by atoms with Gasteiger partial charge in [-0.1, -0.05) is 6.07 Å². The molecule has 2 aromatic rings. The zero-order valence-corrected chi connectivity index (χ0v) is 9.85. The van der Waals surface area contributed by atoms with Crippen molar-refractivity contribution in [2.45, 2.75) is 12.7 Å². The highest BCUT2D eigenvalue weighted by Gasteiger charge is 2.33. The van der Waals surface area contributed by atoms with E-state index in [1.807, 2.05) is 17.5 Å². The van der Waals surface area contributed by atoms with Gasteiger partial charge in [0.1, 0.15) is 5.82 Å². The van der Waals surface area contributed by atoms with Gasteiger partial charge in [0.15, 0.2) is 5.69 Å². The number of nitrogen functional groups attached to an aromatic ring is 1. The normalized spacial score (nSPS) is 11.5. The second-order valence-electron chi connectivity index (χ2n) is 3.43. The first-order chi connectivity index (χ1) is 8.45. The molecule has 0 radical (unpaired) electrons. The van der Waals surface area contributed by atoms with Gasteiger partial charge in [0.2, 0.25) is 5.95 Å². The van der Waals surface area contributed by atoms with Gasteiger partial charge in [-0.2, -0.15) is 18.2 Å². The number of halogens is 3. The zero-order valence-electron chi connectivity index (χ0n) is 9.03. The Morgan fingerprint density at radius 1 is 1.33 bits per heavy atom. The SMILES string of the molecule is Nc1nc(NCc2cccs2)cc(C(F)(F)F)n1. The summed E-state index contributed by atoms with van der Waals surface area (Å²) in [4.78, 5) is 7.85. The van der Waals surface area contributed by atoms with Gasteiger partial charge in [0.05, 0.1) is 6.54 Å². The first-order valence-electron chi connectivity index (χ1n) is 4.93. The highest BCUT2D eigenvalue weighted by atomic mass is 32.1. The summed E-state index contributed by atoms with van der Waals surface area (Å²) >= 11 is 1.50. The van der Waals surface area contributed by atoms with Gasteiger partial charge in [-0.25, -0.2) is 4.98 Å². The van der Waals surface area contributed by atoms with E-state index in [1.54, 1.807) is 0 Å². The molecule has 3 N–H and O–H groups in total. The van der Waals surface area contributed by atoms with Gasteiger partial charge in [-0.3, -0.25) is 0 Å². The molecular weight excluding hydrogens is 265 g/mol. The summed E-state index contributed by atoms with van der Waals surface area (Å²) in [6.45, 7) is 0.394. The molecular formula is C10H9F3N4S. The molecule has 0 unspecified atom stereocenters. The Kier molecular flexibility index (Phi) is 3.37. The maximum absolute atomic E-state index is 12.5. The van der Waals surface area contributed by atoms with Crippen LogP contribution in [0.1, 0.15) is 10.6 Å². The molecule has 0 saturated carbocycles. The summed E-state index contributed by atoms with van der Waals surface area (Å²) in [5, 5.41) is 4.66. The molecule has 18 heavy (non-hydrogen) atoms. The lowest BCUT2D eigenvalue weighted by Crippen LogP contribution is -2.12. The predicted octanol–water partition coefficient (Wildman–Crippen LogP) is 2.75. The number of hydrogen-bond acceptors (Lipinski definition) is 5. The van der Waals surface area contributed by atoms with Crippen LogP contribution in [0.3, 0.4) is 0 Å². The fourth-order valence-electron chi connectivity index (χ4n) is 1.29. The average molecular weight is 274 g/mol. The van der Waals surface area contributed by atoms with E-state index in [-0.39, 0.29) is 5.82 Å². The number of nitrogens with zero attached hydrogens (tertiary/aromatic N) is 2. The number of rotatable bonds is 3. The zero-order chi connectivity index (χ0) is 13.2. The number of nitrogens with two attached hydrogens (primary N) is 1. The minimum absolute atomic E-state index is 0.0585. The smallest absolute Gasteiger partial charge is 0.368 e. The molecule has 8 heteroatoms. The topological polar surface area (TPSA) is 63.8 Å². The van der Waals surface area contributed by atoms with E-state index in [2.05, 4.69) is 15.3 Å². The molecule has 96 valence electrons. The van der Waals surface area contributed by atoms with Gasteiger partial charge >= 0.3 is 6.18 Å². The molecule has 0 aliphatic heterocycles. The molecule has 0 aliphatic rings. The fourth-order valence-corrected chi connectivity index (χ4v) is 1.94. The van der Waals surface area contributed by atoms with Crippen molar-refractivity contribution in [3.05, 3.63) is 34.2 Å². The van der Waals surface area contributed by atoms with Crippen LogP contribution in [0.2, 0.25) is 0 Å². The molecule has 0 amide bonds. The third-order valence-corrected chi connectivity index (χ3v) is 2.93. The Bertz CT molecular complexity index is 524. The molecule has 0 aromatic carbocycles. The first-order valence-corrected chi connectivity index (χ1v) is 5.81. The highest BCUT2D eigenvalue weighted by Crippen LogP contribution is 2.29. The van der Waals surface area contributed by atoms with E-state index in [4.69, 9.17) is 5.73 Å². The van der Waals surface area contributed by atoms with Gasteiger partial charge in [0.25, 0.3) is 0 Å². The number of thiophene rings is 1. The van der Waals surface area contributed by atoms with Crippen LogP contribution in [0.15, 0.2) is 23.6 Å². The average Bonchev–Trinajstić information content (AvgIpc) is 2.77. The van der Waals surface area contributed by atoms with Gasteiger partial charge in [-0.05, 0) is 11.4 Å². The maximum Gasteiger partial charge on any atom is 0.433 e. The number of alkyl halides is 3. The van der Waals surface area contributed by atoms with Crippen molar-refractivity contribution < 1.29 is 13.2 Å². The highest BCUT2D eigenvalue weighted by molar-refractivity contribution is 7.09. The van der Waals surface area contributed by atoms with E-state index >= 15 is 0 Å².